The fraction of sp³-hybridized carbons (Fsp3) is 0.381. The van der Waals surface area contributed by atoms with Crippen molar-refractivity contribution in [2.45, 2.75) is 43.7 Å². The highest BCUT2D eigenvalue weighted by molar-refractivity contribution is 7.84. The third kappa shape index (κ3) is 5.25. The van der Waals surface area contributed by atoms with Crippen LogP contribution in [0, 0.1) is 0 Å². The van der Waals surface area contributed by atoms with Crippen LogP contribution in [0.1, 0.15) is 43.1 Å². The number of ether oxygens (including phenoxy) is 1. The van der Waals surface area contributed by atoms with E-state index in [1.807, 2.05) is 0 Å². The van der Waals surface area contributed by atoms with Gasteiger partial charge in [-0.1, -0.05) is 30.3 Å². The van der Waals surface area contributed by atoms with Crippen LogP contribution in [0.3, 0.4) is 0 Å². The molecule has 2 rings (SSSR count). The summed E-state index contributed by atoms with van der Waals surface area (Å²) in [6.07, 6.45) is -5.81. The standard InChI is InChI=1S/C21H24F3NO3S/c1-19(2,3)29(27)25-20(21(22,23)24,16-8-6-5-7-9-16)14-18(26)15-10-12-17(28-4)13-11-15/h5-13,25H,14H2,1-4H3/t20-,29?/m0/s1. The number of methoxy groups -OCH3 is 1. The van der Waals surface area contributed by atoms with Gasteiger partial charge in [0.2, 0.25) is 0 Å². The summed E-state index contributed by atoms with van der Waals surface area (Å²) >= 11 is 0. The van der Waals surface area contributed by atoms with Crippen LogP contribution in [0.4, 0.5) is 13.2 Å². The number of carbonyl (C=O) groups excluding carboxylic acids is 1. The molecule has 0 fully saturated rings. The summed E-state index contributed by atoms with van der Waals surface area (Å²) in [6, 6.07) is 12.9. The first-order chi connectivity index (χ1) is 13.4. The highest BCUT2D eigenvalue weighted by Gasteiger charge is 2.58. The summed E-state index contributed by atoms with van der Waals surface area (Å²) in [7, 11) is -0.623. The molecule has 1 unspecified atom stereocenters. The highest BCUT2D eigenvalue weighted by atomic mass is 32.2. The molecular weight excluding hydrogens is 403 g/mol. The highest BCUT2D eigenvalue weighted by Crippen LogP contribution is 2.43. The molecule has 158 valence electrons. The lowest BCUT2D eigenvalue weighted by atomic mass is 9.84. The van der Waals surface area contributed by atoms with Crippen molar-refractivity contribution >= 4 is 16.8 Å². The van der Waals surface area contributed by atoms with Crippen LogP contribution in [-0.4, -0.2) is 28.0 Å². The molecule has 0 saturated carbocycles. The van der Waals surface area contributed by atoms with Gasteiger partial charge in [0.1, 0.15) is 5.75 Å². The van der Waals surface area contributed by atoms with Gasteiger partial charge in [0.15, 0.2) is 11.3 Å². The first-order valence-corrected chi connectivity index (χ1v) is 10.0. The molecule has 2 aromatic carbocycles. The maximum absolute atomic E-state index is 14.4. The van der Waals surface area contributed by atoms with E-state index >= 15 is 0 Å². The Balaban J connectivity index is 2.55. The van der Waals surface area contributed by atoms with Gasteiger partial charge in [-0.05, 0) is 50.6 Å². The minimum atomic E-state index is -4.88. The second-order valence-electron chi connectivity index (χ2n) is 7.58. The van der Waals surface area contributed by atoms with Crippen molar-refractivity contribution in [2.75, 3.05) is 7.11 Å². The molecule has 1 N–H and O–H groups in total. The maximum atomic E-state index is 14.4. The number of hydrogen-bond acceptors (Lipinski definition) is 3. The average molecular weight is 427 g/mol. The van der Waals surface area contributed by atoms with Gasteiger partial charge in [0.05, 0.1) is 22.8 Å². The van der Waals surface area contributed by atoms with Gasteiger partial charge in [-0.15, -0.1) is 0 Å². The lowest BCUT2D eigenvalue weighted by Crippen LogP contribution is -2.57. The van der Waals surface area contributed by atoms with Gasteiger partial charge in [0, 0.05) is 12.0 Å². The van der Waals surface area contributed by atoms with Gasteiger partial charge in [0.25, 0.3) is 0 Å². The molecule has 29 heavy (non-hydrogen) atoms. The number of alkyl halides is 3. The van der Waals surface area contributed by atoms with Crippen LogP contribution >= 0.6 is 0 Å². The summed E-state index contributed by atoms with van der Waals surface area (Å²) in [6.45, 7) is 4.69. The van der Waals surface area contributed by atoms with Crippen molar-refractivity contribution in [3.8, 4) is 5.75 Å². The largest absolute Gasteiger partial charge is 0.497 e. The lowest BCUT2D eigenvalue weighted by Gasteiger charge is -2.38. The summed E-state index contributed by atoms with van der Waals surface area (Å²) in [5.74, 6) is -0.245. The van der Waals surface area contributed by atoms with E-state index in [-0.39, 0.29) is 11.1 Å². The molecule has 0 aliphatic rings. The van der Waals surface area contributed by atoms with Crippen molar-refractivity contribution in [2.24, 2.45) is 0 Å². The van der Waals surface area contributed by atoms with Gasteiger partial charge in [-0.25, -0.2) is 8.93 Å². The van der Waals surface area contributed by atoms with Gasteiger partial charge < -0.3 is 4.74 Å². The van der Waals surface area contributed by atoms with E-state index in [9.17, 15) is 22.2 Å². The van der Waals surface area contributed by atoms with Crippen LogP contribution in [0.15, 0.2) is 54.6 Å². The molecule has 0 aliphatic carbocycles. The van der Waals surface area contributed by atoms with Crippen LogP contribution in [0.5, 0.6) is 5.75 Å². The molecule has 2 atom stereocenters. The smallest absolute Gasteiger partial charge is 0.412 e. The normalized spacial score (nSPS) is 15.4. The molecule has 0 saturated heterocycles. The zero-order chi connectivity index (χ0) is 21.9. The number of Topliss-reactive ketones (excluding diaryl/α,β-unsaturated/α-hetero) is 1. The van der Waals surface area contributed by atoms with E-state index < -0.39 is 39.7 Å². The number of carbonyl (C=O) groups is 1. The fourth-order valence-electron chi connectivity index (χ4n) is 2.67. The van der Waals surface area contributed by atoms with Crippen molar-refractivity contribution < 1.29 is 26.9 Å². The molecule has 0 aromatic heterocycles. The zero-order valence-corrected chi connectivity index (χ0v) is 17.5. The van der Waals surface area contributed by atoms with E-state index in [2.05, 4.69) is 4.72 Å². The zero-order valence-electron chi connectivity index (χ0n) is 16.7. The predicted octanol–water partition coefficient (Wildman–Crippen LogP) is 4.78. The van der Waals surface area contributed by atoms with E-state index in [1.54, 1.807) is 26.8 Å². The summed E-state index contributed by atoms with van der Waals surface area (Å²) in [5.41, 5.74) is -2.87. The van der Waals surface area contributed by atoms with E-state index in [1.165, 1.54) is 55.6 Å². The molecular formula is C21H24F3NO3S. The molecule has 0 radical (unpaired) electrons. The Kier molecular flexibility index (Phi) is 6.90. The van der Waals surface area contributed by atoms with E-state index in [0.717, 1.165) is 0 Å². The Morgan fingerprint density at radius 2 is 1.55 bits per heavy atom. The van der Waals surface area contributed by atoms with E-state index in [0.29, 0.717) is 5.75 Å². The van der Waals surface area contributed by atoms with Gasteiger partial charge in [-0.2, -0.15) is 13.2 Å². The SMILES string of the molecule is COc1ccc(C(=O)C[C@](NS(=O)C(C)(C)C)(c2ccccc2)C(F)(F)F)cc1. The number of rotatable bonds is 7. The lowest BCUT2D eigenvalue weighted by molar-refractivity contribution is -0.193. The number of halogens is 3. The summed E-state index contributed by atoms with van der Waals surface area (Å²) < 4.78 is 62.3. The maximum Gasteiger partial charge on any atom is 0.412 e. The third-order valence-corrected chi connectivity index (χ3v) is 6.06. The van der Waals surface area contributed by atoms with Crippen molar-refractivity contribution in [1.82, 2.24) is 4.72 Å². The topological polar surface area (TPSA) is 55.4 Å². The van der Waals surface area contributed by atoms with Crippen LogP contribution in [0.2, 0.25) is 0 Å². The average Bonchev–Trinajstić information content (AvgIpc) is 2.66. The van der Waals surface area contributed by atoms with E-state index in [4.69, 9.17) is 4.74 Å². The Hall–Kier alpha value is -2.19. The number of benzene rings is 2. The Morgan fingerprint density at radius 3 is 2.00 bits per heavy atom. The van der Waals surface area contributed by atoms with Crippen molar-refractivity contribution in [1.29, 1.82) is 0 Å². The molecule has 2 aromatic rings. The summed E-state index contributed by atoms with van der Waals surface area (Å²) in [4.78, 5) is 12.8. The Bertz CT molecular complexity index is 861. The fourth-order valence-corrected chi connectivity index (χ4v) is 3.60. The minimum Gasteiger partial charge on any atom is -0.497 e. The Morgan fingerprint density at radius 1 is 1.00 bits per heavy atom. The molecule has 0 spiro atoms. The first-order valence-electron chi connectivity index (χ1n) is 8.90. The quantitative estimate of drug-likeness (QED) is 0.647. The number of nitrogens with one attached hydrogen (secondary N) is 1. The van der Waals surface area contributed by atoms with Crippen molar-refractivity contribution in [3.05, 3.63) is 65.7 Å². The second-order valence-corrected chi connectivity index (χ2v) is 9.55. The minimum absolute atomic E-state index is 0.110. The molecule has 8 heteroatoms. The van der Waals surface area contributed by atoms with Crippen LogP contribution < -0.4 is 9.46 Å². The Labute approximate surface area is 171 Å². The van der Waals surface area contributed by atoms with Gasteiger partial charge in [-0.3, -0.25) is 4.79 Å². The number of ketones is 1. The molecule has 0 bridgehead atoms. The van der Waals surface area contributed by atoms with Crippen LogP contribution in [-0.2, 0) is 16.5 Å². The van der Waals surface area contributed by atoms with Crippen molar-refractivity contribution in [3.63, 3.8) is 0 Å². The molecule has 0 heterocycles. The second kappa shape index (κ2) is 8.67. The van der Waals surface area contributed by atoms with Gasteiger partial charge >= 0.3 is 6.18 Å². The number of hydrogen-bond donors (Lipinski definition) is 1. The third-order valence-electron chi connectivity index (χ3n) is 4.41. The molecule has 0 aliphatic heterocycles. The summed E-state index contributed by atoms with van der Waals surface area (Å²) in [5, 5.41) is 0. The first kappa shape index (κ1) is 23.1. The molecule has 0 amide bonds. The molecule has 4 nitrogen and oxygen atoms in total. The van der Waals surface area contributed by atoms with Crippen LogP contribution in [0.25, 0.3) is 0 Å². The predicted molar refractivity (Wildman–Crippen MR) is 107 cm³/mol. The monoisotopic (exact) mass is 427 g/mol.